The number of Topliss-reactive ketones (excluding diaryl/α,β-unsaturated/α-hetero) is 1. The number of methoxy groups -OCH3 is 1. The molecule has 1 aromatic carbocycles. The minimum Gasteiger partial charge on any atom is -0.495 e. The highest BCUT2D eigenvalue weighted by Gasteiger charge is 2.16. The average Bonchev–Trinajstić information content (AvgIpc) is 2.38. The van der Waals surface area contributed by atoms with Crippen molar-refractivity contribution in [2.45, 2.75) is 19.4 Å². The van der Waals surface area contributed by atoms with Gasteiger partial charge in [0.05, 0.1) is 19.3 Å². The number of carbonyl (C=O) groups is 2. The highest BCUT2D eigenvalue weighted by molar-refractivity contribution is 5.99. The van der Waals surface area contributed by atoms with Gasteiger partial charge in [-0.05, 0) is 24.6 Å². The van der Waals surface area contributed by atoms with Crippen LogP contribution in [0.4, 0.5) is 5.69 Å². The number of aliphatic carboxylic acids is 1. The van der Waals surface area contributed by atoms with Crippen LogP contribution in [0, 0.1) is 0 Å². The number of hydrogen-bond acceptors (Lipinski definition) is 5. The van der Waals surface area contributed by atoms with Crippen LogP contribution in [0.15, 0.2) is 18.2 Å². The van der Waals surface area contributed by atoms with Crippen molar-refractivity contribution < 1.29 is 19.4 Å². The number of benzene rings is 1. The standard InChI is InChI=1S/C13H18N2O4/c1-3-10(13(17)18)15-7-11(16)8-4-5-12(19-2)9(14)6-8/h4-6,10,15H,3,7,14H2,1-2H3,(H,17,18). The van der Waals surface area contributed by atoms with E-state index in [4.69, 9.17) is 15.6 Å². The van der Waals surface area contributed by atoms with Gasteiger partial charge in [-0.15, -0.1) is 0 Å². The van der Waals surface area contributed by atoms with E-state index in [0.29, 0.717) is 23.4 Å². The largest absolute Gasteiger partial charge is 0.495 e. The van der Waals surface area contributed by atoms with E-state index in [1.54, 1.807) is 19.1 Å². The molecule has 0 bridgehead atoms. The van der Waals surface area contributed by atoms with Gasteiger partial charge < -0.3 is 15.6 Å². The third kappa shape index (κ3) is 3.96. The van der Waals surface area contributed by atoms with Gasteiger partial charge in [0.1, 0.15) is 11.8 Å². The lowest BCUT2D eigenvalue weighted by Gasteiger charge is -2.12. The smallest absolute Gasteiger partial charge is 0.320 e. The maximum Gasteiger partial charge on any atom is 0.320 e. The number of ketones is 1. The van der Waals surface area contributed by atoms with E-state index in [1.165, 1.54) is 13.2 Å². The number of nitrogen functional groups attached to an aromatic ring is 1. The van der Waals surface area contributed by atoms with Crippen molar-refractivity contribution in [2.75, 3.05) is 19.4 Å². The van der Waals surface area contributed by atoms with Crippen molar-refractivity contribution in [3.05, 3.63) is 23.8 Å². The maximum absolute atomic E-state index is 11.9. The maximum atomic E-state index is 11.9. The van der Waals surface area contributed by atoms with Gasteiger partial charge in [0, 0.05) is 5.56 Å². The second kappa shape index (κ2) is 6.75. The zero-order chi connectivity index (χ0) is 14.4. The number of carbonyl (C=O) groups excluding carboxylic acids is 1. The highest BCUT2D eigenvalue weighted by atomic mass is 16.5. The fourth-order valence-electron chi connectivity index (χ4n) is 1.63. The average molecular weight is 266 g/mol. The molecule has 1 atom stereocenters. The van der Waals surface area contributed by atoms with Gasteiger partial charge in [-0.3, -0.25) is 14.9 Å². The van der Waals surface area contributed by atoms with Crippen molar-refractivity contribution in [3.63, 3.8) is 0 Å². The van der Waals surface area contributed by atoms with Crippen molar-refractivity contribution in [1.82, 2.24) is 5.32 Å². The molecular weight excluding hydrogens is 248 g/mol. The first-order chi connectivity index (χ1) is 8.99. The molecule has 4 N–H and O–H groups in total. The lowest BCUT2D eigenvalue weighted by molar-refractivity contribution is -0.139. The van der Waals surface area contributed by atoms with Crippen LogP contribution in [0.1, 0.15) is 23.7 Å². The van der Waals surface area contributed by atoms with E-state index in [9.17, 15) is 9.59 Å². The Bertz CT molecular complexity index is 474. The van der Waals surface area contributed by atoms with Gasteiger partial charge in [-0.1, -0.05) is 6.92 Å². The van der Waals surface area contributed by atoms with Gasteiger partial charge in [0.15, 0.2) is 5.78 Å². The lowest BCUT2D eigenvalue weighted by Crippen LogP contribution is -2.39. The molecule has 6 heteroatoms. The summed E-state index contributed by atoms with van der Waals surface area (Å²) >= 11 is 0. The number of nitrogens with two attached hydrogens (primary N) is 1. The minimum atomic E-state index is -0.968. The van der Waals surface area contributed by atoms with Crippen LogP contribution in [-0.4, -0.2) is 36.6 Å². The number of hydrogen-bond donors (Lipinski definition) is 3. The van der Waals surface area contributed by atoms with E-state index in [0.717, 1.165) is 0 Å². The van der Waals surface area contributed by atoms with E-state index in [2.05, 4.69) is 5.32 Å². The fourth-order valence-corrected chi connectivity index (χ4v) is 1.63. The quantitative estimate of drug-likeness (QED) is 0.501. The molecule has 0 aliphatic rings. The Hall–Kier alpha value is -2.08. The Labute approximate surface area is 111 Å². The molecule has 0 saturated heterocycles. The molecule has 0 aromatic heterocycles. The van der Waals surface area contributed by atoms with Crippen LogP contribution in [0.3, 0.4) is 0 Å². The number of carboxylic acids is 1. The van der Waals surface area contributed by atoms with Gasteiger partial charge in [-0.2, -0.15) is 0 Å². The van der Waals surface area contributed by atoms with Crippen LogP contribution in [0.5, 0.6) is 5.75 Å². The molecule has 19 heavy (non-hydrogen) atoms. The van der Waals surface area contributed by atoms with Crippen molar-refractivity contribution in [2.24, 2.45) is 0 Å². The molecule has 1 rings (SSSR count). The summed E-state index contributed by atoms with van der Waals surface area (Å²) in [5.41, 5.74) is 6.50. The summed E-state index contributed by atoms with van der Waals surface area (Å²) in [5.74, 6) is -0.680. The molecule has 0 fully saturated rings. The lowest BCUT2D eigenvalue weighted by atomic mass is 10.1. The molecule has 0 saturated carbocycles. The predicted octanol–water partition coefficient (Wildman–Crippen LogP) is 0.913. The molecule has 6 nitrogen and oxygen atoms in total. The number of nitrogens with one attached hydrogen (secondary N) is 1. The van der Waals surface area contributed by atoms with Crippen molar-refractivity contribution in [3.8, 4) is 5.75 Å². The Kier molecular flexibility index (Phi) is 5.32. The van der Waals surface area contributed by atoms with Gasteiger partial charge in [-0.25, -0.2) is 0 Å². The number of anilines is 1. The Morgan fingerprint density at radius 3 is 2.63 bits per heavy atom. The topological polar surface area (TPSA) is 102 Å². The first-order valence-electron chi connectivity index (χ1n) is 5.92. The summed E-state index contributed by atoms with van der Waals surface area (Å²) in [6, 6.07) is 4.00. The molecule has 0 heterocycles. The monoisotopic (exact) mass is 266 g/mol. The second-order valence-corrected chi connectivity index (χ2v) is 4.06. The first kappa shape index (κ1) is 15.0. The summed E-state index contributed by atoms with van der Waals surface area (Å²) < 4.78 is 5.00. The molecular formula is C13H18N2O4. The first-order valence-corrected chi connectivity index (χ1v) is 5.92. The van der Waals surface area contributed by atoms with Crippen LogP contribution in [0.25, 0.3) is 0 Å². The van der Waals surface area contributed by atoms with Crippen molar-refractivity contribution in [1.29, 1.82) is 0 Å². The molecule has 0 spiro atoms. The van der Waals surface area contributed by atoms with Gasteiger partial charge in [0.2, 0.25) is 0 Å². The van der Waals surface area contributed by atoms with Gasteiger partial charge >= 0.3 is 5.97 Å². The third-order valence-electron chi connectivity index (χ3n) is 2.77. The summed E-state index contributed by atoms with van der Waals surface area (Å²) in [6.45, 7) is 1.69. The molecule has 104 valence electrons. The molecule has 1 aromatic rings. The van der Waals surface area contributed by atoms with E-state index in [-0.39, 0.29) is 12.3 Å². The van der Waals surface area contributed by atoms with E-state index >= 15 is 0 Å². The van der Waals surface area contributed by atoms with Crippen LogP contribution >= 0.6 is 0 Å². The number of carboxylic acid groups (broad SMARTS) is 1. The van der Waals surface area contributed by atoms with E-state index in [1.807, 2.05) is 0 Å². The SMILES string of the molecule is CCC(NCC(=O)c1ccc(OC)c(N)c1)C(=O)O. The van der Waals surface area contributed by atoms with Crippen LogP contribution in [0.2, 0.25) is 0 Å². The summed E-state index contributed by atoms with van der Waals surface area (Å²) in [5, 5.41) is 11.6. The Morgan fingerprint density at radius 1 is 1.47 bits per heavy atom. The molecule has 0 amide bonds. The zero-order valence-electron chi connectivity index (χ0n) is 11.0. The molecule has 1 unspecified atom stereocenters. The minimum absolute atomic E-state index is 0.0451. The second-order valence-electron chi connectivity index (χ2n) is 4.06. The highest BCUT2D eigenvalue weighted by Crippen LogP contribution is 2.21. The zero-order valence-corrected chi connectivity index (χ0v) is 11.0. The van der Waals surface area contributed by atoms with Crippen LogP contribution < -0.4 is 15.8 Å². The molecule has 0 aliphatic heterocycles. The summed E-state index contributed by atoms with van der Waals surface area (Å²) in [4.78, 5) is 22.7. The Morgan fingerprint density at radius 2 is 2.16 bits per heavy atom. The normalized spacial score (nSPS) is 11.9. The van der Waals surface area contributed by atoms with Gasteiger partial charge in [0.25, 0.3) is 0 Å². The Balaban J connectivity index is 2.68. The number of rotatable bonds is 7. The van der Waals surface area contributed by atoms with E-state index < -0.39 is 12.0 Å². The molecule has 0 aliphatic carbocycles. The number of ether oxygens (including phenoxy) is 1. The van der Waals surface area contributed by atoms with Crippen LogP contribution in [-0.2, 0) is 4.79 Å². The summed E-state index contributed by atoms with van der Waals surface area (Å²) in [6.07, 6.45) is 0.410. The van der Waals surface area contributed by atoms with Crippen molar-refractivity contribution >= 4 is 17.4 Å². The third-order valence-corrected chi connectivity index (χ3v) is 2.77. The molecule has 0 radical (unpaired) electrons. The summed E-state index contributed by atoms with van der Waals surface area (Å²) in [7, 11) is 1.49. The fraction of sp³-hybridized carbons (Fsp3) is 0.385. The predicted molar refractivity (Wildman–Crippen MR) is 71.5 cm³/mol.